The van der Waals surface area contributed by atoms with Gasteiger partial charge in [0.15, 0.2) is 0 Å². The fourth-order valence-electron chi connectivity index (χ4n) is 3.31. The quantitative estimate of drug-likeness (QED) is 0.800. The summed E-state index contributed by atoms with van der Waals surface area (Å²) in [5.74, 6) is 1.31. The number of rotatable bonds is 6. The van der Waals surface area contributed by atoms with Crippen LogP contribution in [0.25, 0.3) is 0 Å². The summed E-state index contributed by atoms with van der Waals surface area (Å²) in [7, 11) is 3.80. The molecule has 1 aromatic rings. The molecule has 1 amide bonds. The molecule has 132 valence electrons. The molecule has 1 saturated carbocycles. The molecule has 0 bridgehead atoms. The van der Waals surface area contributed by atoms with E-state index in [0.717, 1.165) is 31.7 Å². The second-order valence-electron chi connectivity index (χ2n) is 7.21. The smallest absolute Gasteiger partial charge is 0.257 e. The van der Waals surface area contributed by atoms with Crippen LogP contribution in [0.15, 0.2) is 6.20 Å². The first-order chi connectivity index (χ1) is 11.5. The lowest BCUT2D eigenvalue weighted by atomic mass is 9.85. The van der Waals surface area contributed by atoms with Gasteiger partial charge < -0.3 is 14.5 Å². The number of carbonyl (C=O) groups excluding carboxylic acids is 1. The van der Waals surface area contributed by atoms with E-state index < -0.39 is 0 Å². The predicted molar refractivity (Wildman–Crippen MR) is 93.3 cm³/mol. The van der Waals surface area contributed by atoms with Crippen molar-refractivity contribution in [3.8, 4) is 0 Å². The fourth-order valence-corrected chi connectivity index (χ4v) is 3.31. The Balaban J connectivity index is 1.75. The number of nitrogens with zero attached hydrogens (tertiary/aromatic N) is 4. The van der Waals surface area contributed by atoms with Gasteiger partial charge >= 0.3 is 0 Å². The minimum atomic E-state index is 0.0419. The molecule has 1 atom stereocenters. The molecule has 2 aliphatic rings. The van der Waals surface area contributed by atoms with E-state index in [4.69, 9.17) is 4.74 Å². The first-order valence-corrected chi connectivity index (χ1v) is 8.96. The molecule has 3 rings (SSSR count). The third-order valence-corrected chi connectivity index (χ3v) is 5.04. The molecule has 1 aliphatic heterocycles. The summed E-state index contributed by atoms with van der Waals surface area (Å²) in [6.07, 6.45) is 7.72. The zero-order chi connectivity index (χ0) is 17.1. The molecular weight excluding hydrogens is 304 g/mol. The lowest BCUT2D eigenvalue weighted by molar-refractivity contribution is 0.0446. The first-order valence-electron chi connectivity index (χ1n) is 8.96. The van der Waals surface area contributed by atoms with Crippen LogP contribution in [0.5, 0.6) is 0 Å². The normalized spacial score (nSPS) is 20.7. The van der Waals surface area contributed by atoms with Crippen molar-refractivity contribution in [3.05, 3.63) is 17.5 Å². The number of ether oxygens (including phenoxy) is 1. The van der Waals surface area contributed by atoms with Gasteiger partial charge in [0, 0.05) is 40.0 Å². The van der Waals surface area contributed by atoms with Gasteiger partial charge in [-0.1, -0.05) is 6.42 Å². The molecule has 6 heteroatoms. The number of amides is 1. The van der Waals surface area contributed by atoms with Gasteiger partial charge in [-0.05, 0) is 38.5 Å². The van der Waals surface area contributed by atoms with Crippen molar-refractivity contribution in [2.24, 2.45) is 5.92 Å². The highest BCUT2D eigenvalue weighted by Crippen LogP contribution is 2.28. The zero-order valence-electron chi connectivity index (χ0n) is 15.0. The third-order valence-electron chi connectivity index (χ3n) is 5.04. The van der Waals surface area contributed by atoms with Crippen LogP contribution in [-0.2, 0) is 4.74 Å². The summed E-state index contributed by atoms with van der Waals surface area (Å²) < 4.78 is 5.75. The molecule has 1 aliphatic carbocycles. The summed E-state index contributed by atoms with van der Waals surface area (Å²) in [5.41, 5.74) is 1.35. The van der Waals surface area contributed by atoms with Crippen LogP contribution in [0.3, 0.4) is 0 Å². The first kappa shape index (κ1) is 17.1. The molecule has 2 heterocycles. The van der Waals surface area contributed by atoms with Crippen LogP contribution < -0.4 is 4.90 Å². The van der Waals surface area contributed by atoms with Crippen molar-refractivity contribution in [2.45, 2.75) is 45.1 Å². The van der Waals surface area contributed by atoms with Crippen LogP contribution in [0.4, 0.5) is 5.95 Å². The molecule has 0 unspecified atom stereocenters. The number of anilines is 1. The zero-order valence-corrected chi connectivity index (χ0v) is 15.0. The molecule has 0 aromatic carbocycles. The van der Waals surface area contributed by atoms with Crippen molar-refractivity contribution in [1.82, 2.24) is 14.9 Å². The van der Waals surface area contributed by atoms with E-state index in [-0.39, 0.29) is 12.0 Å². The van der Waals surface area contributed by atoms with Crippen molar-refractivity contribution in [3.63, 3.8) is 0 Å². The van der Waals surface area contributed by atoms with Crippen LogP contribution >= 0.6 is 0 Å². The van der Waals surface area contributed by atoms with Crippen molar-refractivity contribution in [2.75, 3.05) is 38.7 Å². The van der Waals surface area contributed by atoms with Gasteiger partial charge in [-0.25, -0.2) is 9.97 Å². The van der Waals surface area contributed by atoms with E-state index in [0.29, 0.717) is 24.0 Å². The predicted octanol–water partition coefficient (Wildman–Crippen LogP) is 2.27. The van der Waals surface area contributed by atoms with Gasteiger partial charge in [-0.2, -0.15) is 0 Å². The van der Waals surface area contributed by atoms with E-state index in [1.165, 1.54) is 19.3 Å². The Morgan fingerprint density at radius 1 is 1.25 bits per heavy atom. The highest BCUT2D eigenvalue weighted by atomic mass is 16.5. The van der Waals surface area contributed by atoms with Crippen molar-refractivity contribution < 1.29 is 9.53 Å². The Morgan fingerprint density at radius 2 is 2.04 bits per heavy atom. The number of hydrogen-bond acceptors (Lipinski definition) is 5. The van der Waals surface area contributed by atoms with Crippen molar-refractivity contribution >= 4 is 11.9 Å². The van der Waals surface area contributed by atoms with Gasteiger partial charge in [0.1, 0.15) is 0 Å². The van der Waals surface area contributed by atoms with Gasteiger partial charge in [-0.3, -0.25) is 4.79 Å². The van der Waals surface area contributed by atoms with E-state index >= 15 is 0 Å². The maximum Gasteiger partial charge on any atom is 0.257 e. The maximum atomic E-state index is 13.1. The monoisotopic (exact) mass is 332 g/mol. The lowest BCUT2D eigenvalue weighted by Gasteiger charge is -2.33. The van der Waals surface area contributed by atoms with Crippen LogP contribution in [0.1, 0.15) is 48.2 Å². The number of hydrogen-bond donors (Lipinski definition) is 0. The van der Waals surface area contributed by atoms with Crippen LogP contribution in [0, 0.1) is 12.8 Å². The molecule has 0 radical (unpaired) electrons. The summed E-state index contributed by atoms with van der Waals surface area (Å²) in [6.45, 7) is 4.21. The Hall–Kier alpha value is -1.69. The second kappa shape index (κ2) is 7.47. The average molecular weight is 332 g/mol. The lowest BCUT2D eigenvalue weighted by Crippen LogP contribution is -2.42. The Labute approximate surface area is 144 Å². The molecule has 6 nitrogen and oxygen atoms in total. The van der Waals surface area contributed by atoms with Crippen LogP contribution in [0.2, 0.25) is 0 Å². The van der Waals surface area contributed by atoms with Gasteiger partial charge in [0.2, 0.25) is 5.95 Å². The molecule has 0 N–H and O–H groups in total. The molecule has 1 saturated heterocycles. The highest BCUT2D eigenvalue weighted by molar-refractivity contribution is 5.95. The van der Waals surface area contributed by atoms with E-state index in [1.54, 1.807) is 6.20 Å². The summed E-state index contributed by atoms with van der Waals surface area (Å²) in [6, 6.07) is 0. The molecular formula is C18H28N4O2. The van der Waals surface area contributed by atoms with Gasteiger partial charge in [-0.15, -0.1) is 0 Å². The Kier molecular flexibility index (Phi) is 5.33. The average Bonchev–Trinajstić information content (AvgIpc) is 3.01. The standard InChI is InChI=1S/C18H28N4O2/c1-13-16(10-19-18(20-13)21(2)3)17(23)22(11-14-6-4-7-14)12-15-8-5-9-24-15/h10,14-15H,4-9,11-12H2,1-3H3/t15-/m1/s1. The minimum absolute atomic E-state index is 0.0419. The fraction of sp³-hybridized carbons (Fsp3) is 0.722. The second-order valence-corrected chi connectivity index (χ2v) is 7.21. The maximum absolute atomic E-state index is 13.1. The third kappa shape index (κ3) is 3.86. The molecule has 24 heavy (non-hydrogen) atoms. The van der Waals surface area contributed by atoms with Gasteiger partial charge in [0.25, 0.3) is 5.91 Å². The highest BCUT2D eigenvalue weighted by Gasteiger charge is 2.29. The Bertz CT molecular complexity index is 580. The minimum Gasteiger partial charge on any atom is -0.376 e. The molecule has 1 aromatic heterocycles. The number of carbonyl (C=O) groups is 1. The Morgan fingerprint density at radius 3 is 2.58 bits per heavy atom. The summed E-state index contributed by atoms with van der Waals surface area (Å²) >= 11 is 0. The van der Waals surface area contributed by atoms with E-state index in [2.05, 4.69) is 9.97 Å². The SMILES string of the molecule is Cc1nc(N(C)C)ncc1C(=O)N(CC1CCC1)C[C@H]1CCCO1. The van der Waals surface area contributed by atoms with Crippen LogP contribution in [-0.4, -0.2) is 60.7 Å². The molecule has 0 spiro atoms. The topological polar surface area (TPSA) is 58.6 Å². The van der Waals surface area contributed by atoms with E-state index in [9.17, 15) is 4.79 Å². The molecule has 2 fully saturated rings. The largest absolute Gasteiger partial charge is 0.376 e. The van der Waals surface area contributed by atoms with E-state index in [1.807, 2.05) is 30.8 Å². The summed E-state index contributed by atoms with van der Waals surface area (Å²) in [5, 5.41) is 0. The summed E-state index contributed by atoms with van der Waals surface area (Å²) in [4.78, 5) is 25.7. The van der Waals surface area contributed by atoms with Crippen molar-refractivity contribution in [1.29, 1.82) is 0 Å². The number of aromatic nitrogens is 2. The number of aryl methyl sites for hydroxylation is 1. The van der Waals surface area contributed by atoms with Gasteiger partial charge in [0.05, 0.1) is 17.4 Å².